The molecule has 0 saturated carbocycles. The van der Waals surface area contributed by atoms with E-state index < -0.39 is 17.6 Å². The number of rotatable bonds is 3. The lowest BCUT2D eigenvalue weighted by atomic mass is 9.99. The molecule has 1 fully saturated rings. The fraction of sp³-hybridized carbons (Fsp3) is 0.500. The van der Waals surface area contributed by atoms with Gasteiger partial charge in [0.1, 0.15) is 0 Å². The minimum absolute atomic E-state index is 0.0567. The number of carbonyl (C=O) groups excluding carboxylic acids is 3. The van der Waals surface area contributed by atoms with Crippen molar-refractivity contribution in [3.8, 4) is 0 Å². The summed E-state index contributed by atoms with van der Waals surface area (Å²) in [6.45, 7) is 2.09. The number of nitrogens with zero attached hydrogens (tertiary/aromatic N) is 2. The molecule has 7 heteroatoms. The standard InChI is InChI=1S/C14H15FN2O3S/c1-2-5-16-11(18)3-4-14(15,13(16)20)17-6-9-7-21-8-10(9)12(17)19/h7-8H,2-6H2,1H3/t14-/m0/s1. The van der Waals surface area contributed by atoms with E-state index in [9.17, 15) is 14.4 Å². The Morgan fingerprint density at radius 1 is 1.33 bits per heavy atom. The number of imide groups is 1. The molecule has 1 atom stereocenters. The van der Waals surface area contributed by atoms with Crippen LogP contribution in [0.25, 0.3) is 0 Å². The van der Waals surface area contributed by atoms with Crippen LogP contribution in [0.15, 0.2) is 10.8 Å². The van der Waals surface area contributed by atoms with Gasteiger partial charge in [0.15, 0.2) is 0 Å². The molecule has 3 rings (SSSR count). The van der Waals surface area contributed by atoms with Gasteiger partial charge in [-0.1, -0.05) is 6.92 Å². The van der Waals surface area contributed by atoms with Crippen molar-refractivity contribution in [2.75, 3.05) is 6.54 Å². The minimum Gasteiger partial charge on any atom is -0.294 e. The highest BCUT2D eigenvalue weighted by atomic mass is 32.1. The van der Waals surface area contributed by atoms with Crippen LogP contribution < -0.4 is 0 Å². The van der Waals surface area contributed by atoms with Gasteiger partial charge in [-0.05, 0) is 17.4 Å². The molecular weight excluding hydrogens is 295 g/mol. The first-order valence-corrected chi connectivity index (χ1v) is 7.84. The van der Waals surface area contributed by atoms with Gasteiger partial charge in [0.2, 0.25) is 5.91 Å². The molecule has 2 aliphatic heterocycles. The van der Waals surface area contributed by atoms with Gasteiger partial charge in [-0.3, -0.25) is 24.2 Å². The molecule has 0 bridgehead atoms. The molecular formula is C14H15FN2O3S. The Morgan fingerprint density at radius 2 is 2.10 bits per heavy atom. The summed E-state index contributed by atoms with van der Waals surface area (Å²) >= 11 is 1.38. The summed E-state index contributed by atoms with van der Waals surface area (Å²) in [6.07, 6.45) is 0.248. The summed E-state index contributed by atoms with van der Waals surface area (Å²) in [4.78, 5) is 38.4. The zero-order chi connectivity index (χ0) is 15.2. The van der Waals surface area contributed by atoms with E-state index in [4.69, 9.17) is 0 Å². The third kappa shape index (κ3) is 1.98. The van der Waals surface area contributed by atoms with Crippen LogP contribution in [0.5, 0.6) is 0 Å². The SMILES string of the molecule is CCCN1C(=O)CC[C@](F)(N2Cc3cscc3C2=O)C1=O. The molecule has 1 aromatic rings. The predicted octanol–water partition coefficient (Wildman–Crippen LogP) is 1.93. The Balaban J connectivity index is 1.91. The number of amides is 3. The van der Waals surface area contributed by atoms with Gasteiger partial charge in [-0.2, -0.15) is 11.3 Å². The second-order valence-corrected chi connectivity index (χ2v) is 6.06. The van der Waals surface area contributed by atoms with E-state index in [1.807, 2.05) is 6.92 Å². The zero-order valence-corrected chi connectivity index (χ0v) is 12.4. The fourth-order valence-electron chi connectivity index (χ4n) is 2.84. The number of fused-ring (bicyclic) bond motifs is 1. The van der Waals surface area contributed by atoms with Crippen LogP contribution in [-0.2, 0) is 16.1 Å². The molecule has 0 radical (unpaired) electrons. The van der Waals surface area contributed by atoms with Crippen LogP contribution in [0.1, 0.15) is 42.1 Å². The maximum atomic E-state index is 15.3. The smallest absolute Gasteiger partial charge is 0.288 e. The lowest BCUT2D eigenvalue weighted by molar-refractivity contribution is -0.170. The van der Waals surface area contributed by atoms with Crippen LogP contribution in [0.2, 0.25) is 0 Å². The number of alkyl halides is 1. The first kappa shape index (κ1) is 14.2. The number of halogens is 1. The molecule has 5 nitrogen and oxygen atoms in total. The van der Waals surface area contributed by atoms with Gasteiger partial charge in [0.25, 0.3) is 17.6 Å². The molecule has 3 heterocycles. The maximum absolute atomic E-state index is 15.3. The Kier molecular flexibility index (Phi) is 3.32. The Labute approximate surface area is 125 Å². The lowest BCUT2D eigenvalue weighted by Gasteiger charge is -2.40. The van der Waals surface area contributed by atoms with Crippen molar-refractivity contribution in [2.45, 2.75) is 38.5 Å². The third-order valence-electron chi connectivity index (χ3n) is 3.97. The molecule has 0 aromatic carbocycles. The van der Waals surface area contributed by atoms with Crippen LogP contribution >= 0.6 is 11.3 Å². The number of carbonyl (C=O) groups is 3. The molecule has 21 heavy (non-hydrogen) atoms. The second kappa shape index (κ2) is 4.91. The Hall–Kier alpha value is -1.76. The van der Waals surface area contributed by atoms with Gasteiger partial charge in [0.05, 0.1) is 12.1 Å². The summed E-state index contributed by atoms with van der Waals surface area (Å²) in [5, 5.41) is 3.46. The highest BCUT2D eigenvalue weighted by molar-refractivity contribution is 7.08. The predicted molar refractivity (Wildman–Crippen MR) is 74.3 cm³/mol. The highest BCUT2D eigenvalue weighted by Crippen LogP contribution is 2.38. The van der Waals surface area contributed by atoms with Crippen LogP contribution in [-0.4, -0.2) is 39.9 Å². The Bertz CT molecular complexity index is 629. The van der Waals surface area contributed by atoms with Gasteiger partial charge in [0, 0.05) is 24.8 Å². The summed E-state index contributed by atoms with van der Waals surface area (Å²) in [5.41, 5.74) is 1.21. The van der Waals surface area contributed by atoms with Crippen molar-refractivity contribution in [2.24, 2.45) is 0 Å². The van der Waals surface area contributed by atoms with Gasteiger partial charge >= 0.3 is 0 Å². The van der Waals surface area contributed by atoms with E-state index in [0.29, 0.717) is 12.0 Å². The molecule has 112 valence electrons. The molecule has 1 saturated heterocycles. The largest absolute Gasteiger partial charge is 0.294 e. The van der Waals surface area contributed by atoms with Crippen LogP contribution in [0, 0.1) is 0 Å². The molecule has 0 spiro atoms. The number of piperidine rings is 1. The molecule has 0 unspecified atom stereocenters. The van der Waals surface area contributed by atoms with E-state index in [-0.39, 0.29) is 31.8 Å². The molecule has 1 aromatic heterocycles. The Morgan fingerprint density at radius 3 is 2.76 bits per heavy atom. The van der Waals surface area contributed by atoms with E-state index in [1.54, 1.807) is 10.8 Å². The monoisotopic (exact) mass is 310 g/mol. The summed E-state index contributed by atoms with van der Waals surface area (Å²) in [7, 11) is 0. The van der Waals surface area contributed by atoms with Crippen LogP contribution in [0.4, 0.5) is 4.39 Å². The molecule has 0 N–H and O–H groups in total. The topological polar surface area (TPSA) is 57.7 Å². The third-order valence-corrected chi connectivity index (χ3v) is 4.76. The van der Waals surface area contributed by atoms with E-state index in [1.165, 1.54) is 11.3 Å². The van der Waals surface area contributed by atoms with Crippen molar-refractivity contribution in [3.63, 3.8) is 0 Å². The lowest BCUT2D eigenvalue weighted by Crippen LogP contribution is -2.61. The quantitative estimate of drug-likeness (QED) is 0.633. The second-order valence-electron chi connectivity index (χ2n) is 5.31. The van der Waals surface area contributed by atoms with Crippen molar-refractivity contribution >= 4 is 29.1 Å². The fourth-order valence-corrected chi connectivity index (χ4v) is 3.66. The minimum atomic E-state index is -2.41. The number of hydrogen-bond donors (Lipinski definition) is 0. The molecule has 0 aliphatic carbocycles. The number of likely N-dealkylation sites (tertiary alicyclic amines) is 1. The summed E-state index contributed by atoms with van der Waals surface area (Å²) in [5.74, 6) is -4.14. The van der Waals surface area contributed by atoms with E-state index >= 15 is 4.39 Å². The van der Waals surface area contributed by atoms with Gasteiger partial charge in [-0.15, -0.1) is 0 Å². The summed E-state index contributed by atoms with van der Waals surface area (Å²) < 4.78 is 15.3. The van der Waals surface area contributed by atoms with E-state index in [2.05, 4.69) is 0 Å². The normalized spacial score (nSPS) is 25.7. The highest BCUT2D eigenvalue weighted by Gasteiger charge is 2.55. The van der Waals surface area contributed by atoms with Crippen molar-refractivity contribution in [1.29, 1.82) is 0 Å². The van der Waals surface area contributed by atoms with Crippen LogP contribution in [0.3, 0.4) is 0 Å². The molecule has 2 aliphatic rings. The van der Waals surface area contributed by atoms with Crippen molar-refractivity contribution in [3.05, 3.63) is 21.9 Å². The molecule has 3 amide bonds. The number of thiophene rings is 1. The maximum Gasteiger partial charge on any atom is 0.288 e. The zero-order valence-electron chi connectivity index (χ0n) is 11.6. The first-order chi connectivity index (χ1) is 9.99. The summed E-state index contributed by atoms with van der Waals surface area (Å²) in [6, 6.07) is 0. The van der Waals surface area contributed by atoms with E-state index in [0.717, 1.165) is 15.4 Å². The first-order valence-electron chi connectivity index (χ1n) is 6.89. The van der Waals surface area contributed by atoms with Crippen molar-refractivity contribution < 1.29 is 18.8 Å². The van der Waals surface area contributed by atoms with Gasteiger partial charge in [-0.25, -0.2) is 4.39 Å². The number of hydrogen-bond acceptors (Lipinski definition) is 4. The van der Waals surface area contributed by atoms with Crippen molar-refractivity contribution in [1.82, 2.24) is 9.80 Å². The van der Waals surface area contributed by atoms with Gasteiger partial charge < -0.3 is 0 Å². The average molecular weight is 310 g/mol. The average Bonchev–Trinajstić information content (AvgIpc) is 3.03.